The number of carbonyl (C=O) groups is 1. The zero-order valence-electron chi connectivity index (χ0n) is 11.3. The van der Waals surface area contributed by atoms with E-state index < -0.39 is 5.97 Å². The van der Waals surface area contributed by atoms with Gasteiger partial charge in [-0.3, -0.25) is 9.69 Å². The maximum absolute atomic E-state index is 10.8. The van der Waals surface area contributed by atoms with Gasteiger partial charge in [0.05, 0.1) is 6.54 Å². The molecular weight excluding hydrogens is 240 g/mol. The number of anilines is 1. The first-order valence-electron chi connectivity index (χ1n) is 6.48. The molecule has 0 aromatic heterocycles. The molecule has 2 rings (SSSR count). The zero-order valence-corrected chi connectivity index (χ0v) is 11.3. The molecule has 4 heteroatoms. The van der Waals surface area contributed by atoms with Crippen LogP contribution >= 0.6 is 0 Å². The summed E-state index contributed by atoms with van der Waals surface area (Å²) in [6.45, 7) is 6.02. The lowest BCUT2D eigenvalue weighted by molar-refractivity contribution is -0.138. The van der Waals surface area contributed by atoms with Crippen LogP contribution in [-0.4, -0.2) is 42.7 Å². The molecule has 0 spiro atoms. The molecule has 102 valence electrons. The molecule has 1 aliphatic rings. The highest BCUT2D eigenvalue weighted by molar-refractivity contribution is 5.69. The van der Waals surface area contributed by atoms with Gasteiger partial charge in [-0.1, -0.05) is 18.2 Å². The molecule has 19 heavy (non-hydrogen) atoms. The van der Waals surface area contributed by atoms with Crippen molar-refractivity contribution < 1.29 is 9.90 Å². The van der Waals surface area contributed by atoms with Crippen LogP contribution in [0.4, 0.5) is 5.69 Å². The third-order valence-electron chi connectivity index (χ3n) is 3.42. The summed E-state index contributed by atoms with van der Waals surface area (Å²) >= 11 is 0. The second-order valence-electron chi connectivity index (χ2n) is 4.99. The monoisotopic (exact) mass is 260 g/mol. The molecule has 0 radical (unpaired) electrons. The first-order valence-corrected chi connectivity index (χ1v) is 6.48. The van der Waals surface area contributed by atoms with E-state index in [9.17, 15) is 4.79 Å². The lowest BCUT2D eigenvalue weighted by Gasteiger charge is -2.19. The molecule has 1 aromatic rings. The fraction of sp³-hybridized carbons (Fsp3) is 0.400. The maximum atomic E-state index is 10.8. The minimum atomic E-state index is -0.803. The second kappa shape index (κ2) is 5.89. The number of rotatable bonds is 6. The molecule has 0 atom stereocenters. The fourth-order valence-electron chi connectivity index (χ4n) is 2.54. The molecule has 0 fully saturated rings. The van der Waals surface area contributed by atoms with Crippen LogP contribution in [0.2, 0.25) is 0 Å². The van der Waals surface area contributed by atoms with E-state index in [-0.39, 0.29) is 6.54 Å². The van der Waals surface area contributed by atoms with Crippen LogP contribution in [0, 0.1) is 0 Å². The highest BCUT2D eigenvalue weighted by Gasteiger charge is 2.16. The Kier molecular flexibility index (Phi) is 4.22. The minimum absolute atomic E-state index is 0.0447. The van der Waals surface area contributed by atoms with E-state index in [4.69, 9.17) is 5.11 Å². The number of hydrogen-bond acceptors (Lipinski definition) is 3. The summed E-state index contributed by atoms with van der Waals surface area (Å²) < 4.78 is 0. The highest BCUT2D eigenvalue weighted by atomic mass is 16.4. The van der Waals surface area contributed by atoms with E-state index in [2.05, 4.69) is 36.7 Å². The van der Waals surface area contributed by atoms with Crippen molar-refractivity contribution in [2.75, 3.05) is 31.6 Å². The third-order valence-corrected chi connectivity index (χ3v) is 3.42. The quantitative estimate of drug-likeness (QED) is 0.791. The number of carboxylic acid groups (broad SMARTS) is 1. The Bertz CT molecular complexity index is 485. The van der Waals surface area contributed by atoms with Crippen LogP contribution in [0.1, 0.15) is 11.1 Å². The summed E-state index contributed by atoms with van der Waals surface area (Å²) in [5.74, 6) is -0.803. The third kappa shape index (κ3) is 3.35. The van der Waals surface area contributed by atoms with Crippen molar-refractivity contribution >= 4 is 11.7 Å². The molecule has 0 bridgehead atoms. The van der Waals surface area contributed by atoms with Crippen LogP contribution in [0.15, 0.2) is 30.9 Å². The Morgan fingerprint density at radius 2 is 2.37 bits per heavy atom. The van der Waals surface area contributed by atoms with Gasteiger partial charge in [0.25, 0.3) is 0 Å². The predicted molar refractivity (Wildman–Crippen MR) is 76.5 cm³/mol. The average Bonchev–Trinajstić information content (AvgIpc) is 2.70. The molecule has 4 nitrogen and oxygen atoms in total. The van der Waals surface area contributed by atoms with Gasteiger partial charge in [-0.2, -0.15) is 0 Å². The fourth-order valence-corrected chi connectivity index (χ4v) is 2.54. The molecular formula is C15H20N2O2. The van der Waals surface area contributed by atoms with Crippen molar-refractivity contribution in [2.45, 2.75) is 13.0 Å². The van der Waals surface area contributed by atoms with Crippen molar-refractivity contribution in [3.05, 3.63) is 42.0 Å². The summed E-state index contributed by atoms with van der Waals surface area (Å²) in [7, 11) is 2.10. The number of fused-ring (bicyclic) bond motifs is 1. The largest absolute Gasteiger partial charge is 0.480 e. The van der Waals surface area contributed by atoms with E-state index in [1.165, 1.54) is 11.3 Å². The Labute approximate surface area is 113 Å². The number of benzene rings is 1. The van der Waals surface area contributed by atoms with Crippen LogP contribution < -0.4 is 4.90 Å². The molecule has 0 saturated carbocycles. The summed E-state index contributed by atoms with van der Waals surface area (Å²) in [5.41, 5.74) is 3.81. The van der Waals surface area contributed by atoms with Crippen molar-refractivity contribution in [3.8, 4) is 0 Å². The lowest BCUT2D eigenvalue weighted by Crippen LogP contribution is -2.29. The van der Waals surface area contributed by atoms with Crippen molar-refractivity contribution in [1.29, 1.82) is 0 Å². The zero-order chi connectivity index (χ0) is 13.8. The molecule has 1 heterocycles. The van der Waals surface area contributed by atoms with Crippen molar-refractivity contribution in [3.63, 3.8) is 0 Å². The molecule has 1 N–H and O–H groups in total. The predicted octanol–water partition coefficient (Wildman–Crippen LogP) is 1.75. The summed E-state index contributed by atoms with van der Waals surface area (Å²) in [5, 5.41) is 8.90. The Balaban J connectivity index is 2.09. The van der Waals surface area contributed by atoms with Gasteiger partial charge in [0, 0.05) is 32.4 Å². The van der Waals surface area contributed by atoms with Gasteiger partial charge < -0.3 is 10.0 Å². The van der Waals surface area contributed by atoms with E-state index >= 15 is 0 Å². The Morgan fingerprint density at radius 3 is 3.05 bits per heavy atom. The van der Waals surface area contributed by atoms with Gasteiger partial charge in [-0.05, 0) is 23.6 Å². The number of hydrogen-bond donors (Lipinski definition) is 1. The van der Waals surface area contributed by atoms with Crippen molar-refractivity contribution in [2.24, 2.45) is 0 Å². The number of nitrogens with zero attached hydrogens (tertiary/aromatic N) is 2. The Morgan fingerprint density at radius 1 is 1.58 bits per heavy atom. The van der Waals surface area contributed by atoms with E-state index in [0.717, 1.165) is 18.5 Å². The smallest absolute Gasteiger partial charge is 0.317 e. The van der Waals surface area contributed by atoms with Gasteiger partial charge >= 0.3 is 5.97 Å². The van der Waals surface area contributed by atoms with Gasteiger partial charge in [0.2, 0.25) is 0 Å². The number of carboxylic acids is 1. The lowest BCUT2D eigenvalue weighted by atomic mass is 10.1. The standard InChI is InChI=1S/C15H20N2O2/c1-3-7-17(11-15(18)19)10-12-4-5-14-13(9-12)6-8-16(14)2/h3-5,9H,1,6-8,10-11H2,2H3,(H,18,19). The summed E-state index contributed by atoms with van der Waals surface area (Å²) in [4.78, 5) is 14.9. The molecule has 0 saturated heterocycles. The van der Waals surface area contributed by atoms with Gasteiger partial charge in [-0.15, -0.1) is 6.58 Å². The van der Waals surface area contributed by atoms with E-state index in [1.807, 2.05) is 4.90 Å². The number of aliphatic carboxylic acids is 1. The average molecular weight is 260 g/mol. The summed E-state index contributed by atoms with van der Waals surface area (Å²) in [6, 6.07) is 6.40. The van der Waals surface area contributed by atoms with Gasteiger partial charge in [0.1, 0.15) is 0 Å². The molecule has 0 amide bonds. The maximum Gasteiger partial charge on any atom is 0.317 e. The van der Waals surface area contributed by atoms with Crippen LogP contribution in [-0.2, 0) is 17.8 Å². The normalized spacial score (nSPS) is 13.7. The van der Waals surface area contributed by atoms with E-state index in [1.54, 1.807) is 6.08 Å². The molecule has 0 aliphatic carbocycles. The molecule has 1 aliphatic heterocycles. The molecule has 0 unspecified atom stereocenters. The second-order valence-corrected chi connectivity index (χ2v) is 4.99. The van der Waals surface area contributed by atoms with E-state index in [0.29, 0.717) is 13.1 Å². The molecule has 1 aromatic carbocycles. The van der Waals surface area contributed by atoms with Gasteiger partial charge in [0.15, 0.2) is 0 Å². The van der Waals surface area contributed by atoms with Crippen LogP contribution in [0.25, 0.3) is 0 Å². The topological polar surface area (TPSA) is 43.8 Å². The van der Waals surface area contributed by atoms with Gasteiger partial charge in [-0.25, -0.2) is 0 Å². The van der Waals surface area contributed by atoms with Crippen molar-refractivity contribution in [1.82, 2.24) is 4.90 Å². The minimum Gasteiger partial charge on any atom is -0.480 e. The number of likely N-dealkylation sites (N-methyl/N-ethyl adjacent to an activating group) is 1. The van der Waals surface area contributed by atoms with Crippen LogP contribution in [0.3, 0.4) is 0 Å². The first kappa shape index (κ1) is 13.6. The van der Waals surface area contributed by atoms with Crippen LogP contribution in [0.5, 0.6) is 0 Å². The Hall–Kier alpha value is -1.81. The summed E-state index contributed by atoms with van der Waals surface area (Å²) in [6.07, 6.45) is 2.81. The SMILES string of the molecule is C=CCN(CC(=O)O)Cc1ccc2c(c1)CCN2C. The first-order chi connectivity index (χ1) is 9.10. The highest BCUT2D eigenvalue weighted by Crippen LogP contribution is 2.27.